The van der Waals surface area contributed by atoms with Gasteiger partial charge in [-0.2, -0.15) is 0 Å². The molecule has 2 N–H and O–H groups in total. The second-order valence-electron chi connectivity index (χ2n) is 8.51. The molecule has 2 heterocycles. The molecule has 0 radical (unpaired) electrons. The Morgan fingerprint density at radius 2 is 1.78 bits per heavy atom. The topological polar surface area (TPSA) is 130 Å². The highest BCUT2D eigenvalue weighted by molar-refractivity contribution is 5.98. The van der Waals surface area contributed by atoms with E-state index in [1.807, 2.05) is 30.3 Å². The van der Waals surface area contributed by atoms with Gasteiger partial charge in [0.15, 0.2) is 12.1 Å². The molecule has 2 aromatic carbocycles. The number of ketones is 1. The van der Waals surface area contributed by atoms with Gasteiger partial charge in [0, 0.05) is 18.9 Å². The van der Waals surface area contributed by atoms with Crippen LogP contribution in [-0.2, 0) is 28.5 Å². The monoisotopic (exact) mass is 499 g/mol. The molecule has 6 atom stereocenters. The highest BCUT2D eigenvalue weighted by atomic mass is 16.8. The molecule has 0 aliphatic carbocycles. The summed E-state index contributed by atoms with van der Waals surface area (Å²) in [6, 6.07) is 15.1. The van der Waals surface area contributed by atoms with Crippen molar-refractivity contribution in [2.24, 2.45) is 0 Å². The van der Waals surface area contributed by atoms with Crippen molar-refractivity contribution >= 4 is 17.7 Å². The molecule has 4 rings (SSSR count). The lowest BCUT2D eigenvalue weighted by Gasteiger charge is -2.49. The third kappa shape index (κ3) is 5.90. The van der Waals surface area contributed by atoms with E-state index >= 15 is 0 Å². The molecule has 0 saturated carbocycles. The zero-order valence-electron chi connectivity index (χ0n) is 20.0. The first-order valence-corrected chi connectivity index (χ1v) is 11.7. The van der Waals surface area contributed by atoms with E-state index in [4.69, 9.17) is 23.7 Å². The Morgan fingerprint density at radius 1 is 1.06 bits per heavy atom. The number of amides is 1. The minimum Gasteiger partial charge on any atom is -0.480 e. The number of aliphatic carboxylic acids is 1. The summed E-state index contributed by atoms with van der Waals surface area (Å²) in [7, 11) is 0. The Balaban J connectivity index is 1.65. The summed E-state index contributed by atoms with van der Waals surface area (Å²) in [5, 5.41) is 12.0. The minimum absolute atomic E-state index is 0.110. The van der Waals surface area contributed by atoms with Crippen LogP contribution < -0.4 is 10.1 Å². The van der Waals surface area contributed by atoms with Gasteiger partial charge in [0.05, 0.1) is 12.2 Å². The summed E-state index contributed by atoms with van der Waals surface area (Å²) in [4.78, 5) is 36.0. The van der Waals surface area contributed by atoms with Crippen LogP contribution in [-0.4, -0.2) is 66.6 Å². The van der Waals surface area contributed by atoms with E-state index in [1.165, 1.54) is 6.92 Å². The number of hydrogen-bond acceptors (Lipinski definition) is 8. The average molecular weight is 500 g/mol. The minimum atomic E-state index is -1.18. The molecular weight excluding hydrogens is 470 g/mol. The van der Waals surface area contributed by atoms with E-state index in [-0.39, 0.29) is 24.6 Å². The number of carboxylic acid groups (broad SMARTS) is 1. The Kier molecular flexibility index (Phi) is 8.32. The number of benzene rings is 2. The fourth-order valence-corrected chi connectivity index (χ4v) is 4.32. The molecule has 2 aliphatic heterocycles. The number of carbonyl (C=O) groups excluding carboxylic acids is 2. The van der Waals surface area contributed by atoms with Crippen molar-refractivity contribution in [2.75, 3.05) is 13.2 Å². The molecule has 10 nitrogen and oxygen atoms in total. The summed E-state index contributed by atoms with van der Waals surface area (Å²) < 4.78 is 30.1. The van der Waals surface area contributed by atoms with E-state index in [0.29, 0.717) is 5.56 Å². The SMILES string of the molecule is CCC(=O)c1ccccc1OC1OC2COC(c3ccccc3)OC2C(OCC(=O)O)C1NC(C)=O. The zero-order chi connectivity index (χ0) is 25.7. The molecular formula is C26H29NO9. The fourth-order valence-electron chi connectivity index (χ4n) is 4.32. The molecule has 0 bridgehead atoms. The Bertz CT molecular complexity index is 1080. The lowest BCUT2D eigenvalue weighted by molar-refractivity contribution is -0.337. The van der Waals surface area contributed by atoms with E-state index in [1.54, 1.807) is 31.2 Å². The highest BCUT2D eigenvalue weighted by Gasteiger charge is 2.52. The van der Waals surface area contributed by atoms with Crippen LogP contribution in [0.15, 0.2) is 54.6 Å². The predicted octanol–water partition coefficient (Wildman–Crippen LogP) is 2.47. The number of para-hydroxylation sites is 1. The summed E-state index contributed by atoms with van der Waals surface area (Å²) in [5.41, 5.74) is 1.14. The first-order valence-electron chi connectivity index (χ1n) is 11.7. The van der Waals surface area contributed by atoms with Crippen LogP contribution in [0.1, 0.15) is 42.5 Å². The molecule has 0 aromatic heterocycles. The van der Waals surface area contributed by atoms with Gasteiger partial charge in [-0.1, -0.05) is 49.4 Å². The van der Waals surface area contributed by atoms with Gasteiger partial charge in [0.25, 0.3) is 0 Å². The van der Waals surface area contributed by atoms with Crippen molar-refractivity contribution in [1.29, 1.82) is 0 Å². The van der Waals surface area contributed by atoms with E-state index in [0.717, 1.165) is 5.56 Å². The Morgan fingerprint density at radius 3 is 2.47 bits per heavy atom. The van der Waals surface area contributed by atoms with Crippen molar-refractivity contribution < 1.29 is 43.2 Å². The van der Waals surface area contributed by atoms with Crippen LogP contribution >= 0.6 is 0 Å². The van der Waals surface area contributed by atoms with E-state index < -0.39 is 55.4 Å². The van der Waals surface area contributed by atoms with Crippen LogP contribution in [0.5, 0.6) is 5.75 Å². The first kappa shape index (κ1) is 25.8. The molecule has 0 spiro atoms. The number of hydrogen-bond donors (Lipinski definition) is 2. The second-order valence-corrected chi connectivity index (χ2v) is 8.51. The lowest BCUT2D eigenvalue weighted by Crippen LogP contribution is -2.68. The summed E-state index contributed by atoms with van der Waals surface area (Å²) in [6.07, 6.45) is -3.97. The van der Waals surface area contributed by atoms with Gasteiger partial charge < -0.3 is 34.1 Å². The van der Waals surface area contributed by atoms with Crippen LogP contribution in [0.4, 0.5) is 0 Å². The molecule has 2 aliphatic rings. The van der Waals surface area contributed by atoms with Gasteiger partial charge in [-0.3, -0.25) is 9.59 Å². The smallest absolute Gasteiger partial charge is 0.329 e. The molecule has 2 fully saturated rings. The standard InChI is InChI=1S/C26H29NO9/c1-3-18(29)17-11-7-8-12-19(17)34-26-22(27-15(2)28)24(32-14-21(30)31)23-20(35-26)13-33-25(36-23)16-9-5-4-6-10-16/h4-12,20,22-26H,3,13-14H2,1-2H3,(H,27,28)(H,30,31). The van der Waals surface area contributed by atoms with Crippen molar-refractivity contribution in [3.8, 4) is 5.75 Å². The van der Waals surface area contributed by atoms with Crippen molar-refractivity contribution in [3.05, 3.63) is 65.7 Å². The predicted molar refractivity (Wildman–Crippen MR) is 125 cm³/mol. The van der Waals surface area contributed by atoms with Crippen LogP contribution in [0.25, 0.3) is 0 Å². The van der Waals surface area contributed by atoms with Gasteiger partial charge in [-0.05, 0) is 12.1 Å². The largest absolute Gasteiger partial charge is 0.480 e. The van der Waals surface area contributed by atoms with Gasteiger partial charge in [-0.25, -0.2) is 4.79 Å². The summed E-state index contributed by atoms with van der Waals surface area (Å²) in [5.74, 6) is -1.42. The van der Waals surface area contributed by atoms with Crippen LogP contribution in [0, 0.1) is 0 Å². The maximum atomic E-state index is 12.5. The lowest BCUT2D eigenvalue weighted by atomic mass is 9.95. The number of ether oxygens (including phenoxy) is 5. The molecule has 2 aromatic rings. The molecule has 6 unspecified atom stereocenters. The summed E-state index contributed by atoms with van der Waals surface area (Å²) in [6.45, 7) is 2.56. The Labute approximate surface area is 208 Å². The van der Waals surface area contributed by atoms with Crippen LogP contribution in [0.2, 0.25) is 0 Å². The normalized spacial score (nSPS) is 27.5. The van der Waals surface area contributed by atoms with Crippen molar-refractivity contribution in [2.45, 2.75) is 57.2 Å². The third-order valence-electron chi connectivity index (χ3n) is 5.93. The van der Waals surface area contributed by atoms with Gasteiger partial charge in [0.1, 0.15) is 36.7 Å². The molecule has 36 heavy (non-hydrogen) atoms. The Hall–Kier alpha value is -3.31. The summed E-state index contributed by atoms with van der Waals surface area (Å²) >= 11 is 0. The average Bonchev–Trinajstić information content (AvgIpc) is 2.88. The highest BCUT2D eigenvalue weighted by Crippen LogP contribution is 2.36. The van der Waals surface area contributed by atoms with Gasteiger partial charge in [-0.15, -0.1) is 0 Å². The van der Waals surface area contributed by atoms with Crippen molar-refractivity contribution in [3.63, 3.8) is 0 Å². The zero-order valence-corrected chi connectivity index (χ0v) is 20.0. The van der Waals surface area contributed by atoms with Crippen LogP contribution in [0.3, 0.4) is 0 Å². The molecule has 192 valence electrons. The van der Waals surface area contributed by atoms with Crippen molar-refractivity contribution in [1.82, 2.24) is 5.32 Å². The van der Waals surface area contributed by atoms with Gasteiger partial charge >= 0.3 is 5.97 Å². The van der Waals surface area contributed by atoms with Gasteiger partial charge in [0.2, 0.25) is 12.2 Å². The fraction of sp³-hybridized carbons (Fsp3) is 0.423. The number of nitrogens with one attached hydrogen (secondary N) is 1. The van der Waals surface area contributed by atoms with E-state index in [9.17, 15) is 19.5 Å². The molecule has 2 saturated heterocycles. The number of fused-ring (bicyclic) bond motifs is 1. The third-order valence-corrected chi connectivity index (χ3v) is 5.93. The number of carboxylic acids is 1. The van der Waals surface area contributed by atoms with E-state index in [2.05, 4.69) is 5.32 Å². The molecule has 1 amide bonds. The number of Topliss-reactive ketones (excluding diaryl/α,β-unsaturated/α-hetero) is 1. The number of rotatable bonds is 9. The second kappa shape index (κ2) is 11.6. The molecule has 10 heteroatoms. The maximum absolute atomic E-state index is 12.5. The maximum Gasteiger partial charge on any atom is 0.329 e. The quantitative estimate of drug-likeness (QED) is 0.500. The first-order chi connectivity index (χ1) is 17.4. The number of carbonyl (C=O) groups is 3.